The van der Waals surface area contributed by atoms with E-state index in [-0.39, 0.29) is 12.5 Å². The second kappa shape index (κ2) is 7.25. The zero-order valence-corrected chi connectivity index (χ0v) is 15.9. The normalized spacial score (nSPS) is 10.9. The van der Waals surface area contributed by atoms with Gasteiger partial charge in [0.25, 0.3) is 5.91 Å². The van der Waals surface area contributed by atoms with Gasteiger partial charge in [0, 0.05) is 23.3 Å². The van der Waals surface area contributed by atoms with Gasteiger partial charge in [0.1, 0.15) is 5.75 Å². The van der Waals surface area contributed by atoms with E-state index in [4.69, 9.17) is 4.74 Å². The number of thiazole rings is 1. The summed E-state index contributed by atoms with van der Waals surface area (Å²) < 4.78 is 7.68. The van der Waals surface area contributed by atoms with Gasteiger partial charge in [0.15, 0.2) is 11.6 Å². The molecule has 0 spiro atoms. The number of fused-ring (bicyclic) bond motifs is 1. The van der Waals surface area contributed by atoms with Crippen LogP contribution in [0.2, 0.25) is 0 Å². The molecule has 0 fully saturated rings. The Balaban J connectivity index is 1.50. The lowest BCUT2D eigenvalue weighted by Gasteiger charge is -2.12. The second-order valence-electron chi connectivity index (χ2n) is 6.30. The van der Waals surface area contributed by atoms with Crippen LogP contribution in [0.4, 0.5) is 5.69 Å². The fourth-order valence-corrected chi connectivity index (χ4v) is 3.58. The van der Waals surface area contributed by atoms with Crippen LogP contribution in [-0.4, -0.2) is 21.9 Å². The minimum absolute atomic E-state index is 0.0447. The molecular formula is C21H19N3O2S. The van der Waals surface area contributed by atoms with Crippen LogP contribution in [-0.2, 0) is 4.79 Å². The fraction of sp³-hybridized carbons (Fsp3) is 0.143. The summed E-state index contributed by atoms with van der Waals surface area (Å²) in [6.45, 7) is 3.97. The van der Waals surface area contributed by atoms with E-state index in [9.17, 15) is 4.79 Å². The molecule has 0 radical (unpaired) electrons. The van der Waals surface area contributed by atoms with E-state index < -0.39 is 0 Å². The number of nitrogens with zero attached hydrogens (tertiary/aromatic N) is 2. The summed E-state index contributed by atoms with van der Waals surface area (Å²) in [5.41, 5.74) is 4.61. The molecule has 6 heteroatoms. The van der Waals surface area contributed by atoms with Gasteiger partial charge in [0.05, 0.1) is 11.4 Å². The van der Waals surface area contributed by atoms with Gasteiger partial charge in [-0.3, -0.25) is 9.20 Å². The maximum absolute atomic E-state index is 12.4. The fourth-order valence-electron chi connectivity index (χ4n) is 2.88. The van der Waals surface area contributed by atoms with Crippen LogP contribution in [0.15, 0.2) is 60.2 Å². The van der Waals surface area contributed by atoms with Crippen LogP contribution in [0.25, 0.3) is 16.2 Å². The molecule has 0 atom stereocenters. The van der Waals surface area contributed by atoms with Crippen molar-refractivity contribution in [3.63, 3.8) is 0 Å². The first-order chi connectivity index (χ1) is 13.1. The highest BCUT2D eigenvalue weighted by atomic mass is 32.1. The lowest BCUT2D eigenvalue weighted by molar-refractivity contribution is -0.118. The first kappa shape index (κ1) is 17.3. The Kier molecular flexibility index (Phi) is 4.64. The van der Waals surface area contributed by atoms with Gasteiger partial charge in [-0.25, -0.2) is 4.98 Å². The number of aryl methyl sites for hydroxylation is 1. The molecule has 136 valence electrons. The monoisotopic (exact) mass is 377 g/mol. The van der Waals surface area contributed by atoms with E-state index in [0.717, 1.165) is 38.8 Å². The number of aromatic nitrogens is 2. The third-order valence-corrected chi connectivity index (χ3v) is 5.25. The lowest BCUT2D eigenvalue weighted by atomic mass is 10.1. The number of amides is 1. The number of anilines is 1. The number of carbonyl (C=O) groups excluding carboxylic acids is 1. The second-order valence-corrected chi connectivity index (χ2v) is 7.17. The SMILES string of the molecule is Cc1cccc(OCC(=O)Nc2ccccc2-c2cn3ccsc3n2)c1C. The van der Waals surface area contributed by atoms with Gasteiger partial charge in [-0.15, -0.1) is 11.3 Å². The number of carbonyl (C=O) groups is 1. The Morgan fingerprint density at radius 1 is 1.19 bits per heavy atom. The zero-order valence-electron chi connectivity index (χ0n) is 15.1. The largest absolute Gasteiger partial charge is 0.483 e. The maximum atomic E-state index is 12.4. The van der Waals surface area contributed by atoms with Crippen molar-refractivity contribution in [1.29, 1.82) is 0 Å². The van der Waals surface area contributed by atoms with Gasteiger partial charge in [0.2, 0.25) is 0 Å². The molecule has 0 unspecified atom stereocenters. The van der Waals surface area contributed by atoms with Gasteiger partial charge in [-0.1, -0.05) is 30.3 Å². The lowest BCUT2D eigenvalue weighted by Crippen LogP contribution is -2.20. The summed E-state index contributed by atoms with van der Waals surface area (Å²) >= 11 is 1.58. The van der Waals surface area contributed by atoms with Crippen molar-refractivity contribution in [3.05, 3.63) is 71.4 Å². The molecule has 1 N–H and O–H groups in total. The Hall–Kier alpha value is -3.12. The van der Waals surface area contributed by atoms with E-state index >= 15 is 0 Å². The van der Waals surface area contributed by atoms with Crippen molar-refractivity contribution in [1.82, 2.24) is 9.38 Å². The van der Waals surface area contributed by atoms with Crippen molar-refractivity contribution >= 4 is 27.9 Å². The number of imidazole rings is 1. The van der Waals surface area contributed by atoms with Crippen LogP contribution < -0.4 is 10.1 Å². The topological polar surface area (TPSA) is 55.6 Å². The van der Waals surface area contributed by atoms with Crippen molar-refractivity contribution in [2.24, 2.45) is 0 Å². The number of hydrogen-bond donors (Lipinski definition) is 1. The number of nitrogens with one attached hydrogen (secondary N) is 1. The summed E-state index contributed by atoms with van der Waals surface area (Å²) in [5.74, 6) is 0.525. The Bertz CT molecular complexity index is 1090. The van der Waals surface area contributed by atoms with Crippen LogP contribution in [0, 0.1) is 13.8 Å². The number of benzene rings is 2. The number of hydrogen-bond acceptors (Lipinski definition) is 4. The Labute approximate surface area is 161 Å². The van der Waals surface area contributed by atoms with E-state index in [2.05, 4.69) is 10.3 Å². The summed E-state index contributed by atoms with van der Waals surface area (Å²) in [4.78, 5) is 18.0. The van der Waals surface area contributed by atoms with E-state index in [1.807, 2.05) is 78.5 Å². The molecule has 2 aromatic carbocycles. The molecule has 0 saturated heterocycles. The van der Waals surface area contributed by atoms with Crippen molar-refractivity contribution < 1.29 is 9.53 Å². The van der Waals surface area contributed by atoms with Crippen molar-refractivity contribution in [2.45, 2.75) is 13.8 Å². The summed E-state index contributed by atoms with van der Waals surface area (Å²) in [5, 5.41) is 4.93. The van der Waals surface area contributed by atoms with Gasteiger partial charge in [-0.2, -0.15) is 0 Å². The molecule has 4 rings (SSSR count). The van der Waals surface area contributed by atoms with Gasteiger partial charge < -0.3 is 10.1 Å². The summed E-state index contributed by atoms with van der Waals surface area (Å²) in [6.07, 6.45) is 3.93. The van der Waals surface area contributed by atoms with E-state index in [1.165, 1.54) is 0 Å². The third kappa shape index (κ3) is 3.57. The molecule has 0 aliphatic carbocycles. The molecule has 0 saturated carbocycles. The van der Waals surface area contributed by atoms with E-state index in [0.29, 0.717) is 0 Å². The van der Waals surface area contributed by atoms with Crippen LogP contribution >= 0.6 is 11.3 Å². The highest BCUT2D eigenvalue weighted by Crippen LogP contribution is 2.28. The zero-order chi connectivity index (χ0) is 18.8. The molecule has 2 heterocycles. The van der Waals surface area contributed by atoms with E-state index in [1.54, 1.807) is 11.3 Å². The first-order valence-corrected chi connectivity index (χ1v) is 9.50. The van der Waals surface area contributed by atoms with Crippen molar-refractivity contribution in [3.8, 4) is 17.0 Å². The van der Waals surface area contributed by atoms with Crippen LogP contribution in [0.5, 0.6) is 5.75 Å². The minimum Gasteiger partial charge on any atom is -0.483 e. The summed E-state index contributed by atoms with van der Waals surface area (Å²) in [6, 6.07) is 13.5. The molecule has 0 bridgehead atoms. The molecule has 27 heavy (non-hydrogen) atoms. The Morgan fingerprint density at radius 3 is 2.89 bits per heavy atom. The molecule has 4 aromatic rings. The smallest absolute Gasteiger partial charge is 0.262 e. The molecule has 5 nitrogen and oxygen atoms in total. The quantitative estimate of drug-likeness (QED) is 0.549. The predicted molar refractivity (Wildman–Crippen MR) is 109 cm³/mol. The highest BCUT2D eigenvalue weighted by molar-refractivity contribution is 7.15. The van der Waals surface area contributed by atoms with Gasteiger partial charge >= 0.3 is 0 Å². The molecular weight excluding hydrogens is 358 g/mol. The van der Waals surface area contributed by atoms with Crippen LogP contribution in [0.1, 0.15) is 11.1 Å². The highest BCUT2D eigenvalue weighted by Gasteiger charge is 2.13. The number of ether oxygens (including phenoxy) is 1. The predicted octanol–water partition coefficient (Wildman–Crippen LogP) is 4.70. The number of rotatable bonds is 5. The minimum atomic E-state index is -0.204. The van der Waals surface area contributed by atoms with Crippen molar-refractivity contribution in [2.75, 3.05) is 11.9 Å². The average molecular weight is 377 g/mol. The van der Waals surface area contributed by atoms with Gasteiger partial charge in [-0.05, 0) is 37.1 Å². The van der Waals surface area contributed by atoms with Crippen LogP contribution in [0.3, 0.4) is 0 Å². The maximum Gasteiger partial charge on any atom is 0.262 e. The third-order valence-electron chi connectivity index (χ3n) is 4.48. The molecule has 2 aromatic heterocycles. The average Bonchev–Trinajstić information content (AvgIpc) is 3.25. The number of para-hydroxylation sites is 1. The first-order valence-electron chi connectivity index (χ1n) is 8.62. The molecule has 0 aliphatic heterocycles. The summed E-state index contributed by atoms with van der Waals surface area (Å²) in [7, 11) is 0. The molecule has 0 aliphatic rings. The standard InChI is InChI=1S/C21H19N3O2S/c1-14-6-5-9-19(15(14)2)26-13-20(25)22-17-8-4-3-7-16(17)18-12-24-10-11-27-21(24)23-18/h3-12H,13H2,1-2H3,(H,22,25). The molecule has 1 amide bonds. The Morgan fingerprint density at radius 2 is 2.04 bits per heavy atom.